The molecule has 0 aliphatic rings. The van der Waals surface area contributed by atoms with Crippen LogP contribution in [0.1, 0.15) is 19.4 Å². The molecule has 0 unspecified atom stereocenters. The number of hydrogen-bond acceptors (Lipinski definition) is 4. The van der Waals surface area contributed by atoms with Crippen molar-refractivity contribution in [2.45, 2.75) is 13.8 Å². The van der Waals surface area contributed by atoms with Crippen LogP contribution in [0.2, 0.25) is 0 Å². The lowest BCUT2D eigenvalue weighted by molar-refractivity contribution is -0.540. The van der Waals surface area contributed by atoms with E-state index in [0.717, 1.165) is 0 Å². The van der Waals surface area contributed by atoms with Crippen LogP contribution in [0.3, 0.4) is 0 Å². The van der Waals surface area contributed by atoms with Crippen molar-refractivity contribution in [3.8, 4) is 6.07 Å². The van der Waals surface area contributed by atoms with Gasteiger partial charge in [-0.3, -0.25) is 0 Å². The Hall–Kier alpha value is -2.29. The van der Waals surface area contributed by atoms with Crippen molar-refractivity contribution in [1.29, 1.82) is 5.26 Å². The van der Waals surface area contributed by atoms with Crippen LogP contribution in [0, 0.1) is 27.7 Å². The van der Waals surface area contributed by atoms with Gasteiger partial charge in [-0.15, -0.1) is 5.01 Å². The Morgan fingerprint density at radius 1 is 1.41 bits per heavy atom. The van der Waals surface area contributed by atoms with E-state index in [9.17, 15) is 10.4 Å². The SMILES string of the molecule is CC(C)CN(c1ccc(C#N)cc1)/[N+]([O-])=N/[O-]. The lowest BCUT2D eigenvalue weighted by Crippen LogP contribution is -2.33. The Morgan fingerprint density at radius 2 is 2.00 bits per heavy atom. The summed E-state index contributed by atoms with van der Waals surface area (Å²) < 4.78 is 0. The third-order valence-electron chi connectivity index (χ3n) is 2.11. The summed E-state index contributed by atoms with van der Waals surface area (Å²) >= 11 is 0. The van der Waals surface area contributed by atoms with Crippen molar-refractivity contribution in [1.82, 2.24) is 0 Å². The molecule has 0 atom stereocenters. The molecule has 17 heavy (non-hydrogen) atoms. The molecule has 6 heteroatoms. The number of nitrogens with zero attached hydrogens (tertiary/aromatic N) is 4. The number of hydrogen-bond donors (Lipinski definition) is 0. The molecule has 1 aromatic rings. The van der Waals surface area contributed by atoms with Crippen LogP contribution in [0.5, 0.6) is 0 Å². The fourth-order valence-electron chi connectivity index (χ4n) is 1.37. The largest absolute Gasteiger partial charge is 0.737 e. The number of benzene rings is 1. The van der Waals surface area contributed by atoms with Crippen LogP contribution in [-0.4, -0.2) is 11.5 Å². The van der Waals surface area contributed by atoms with E-state index in [1.165, 1.54) is 5.01 Å². The molecule has 1 aromatic carbocycles. The van der Waals surface area contributed by atoms with E-state index in [-0.39, 0.29) is 10.9 Å². The van der Waals surface area contributed by atoms with Gasteiger partial charge in [0, 0.05) is 4.97 Å². The molecule has 6 nitrogen and oxygen atoms in total. The Bertz CT molecular complexity index is 434. The fraction of sp³-hybridized carbons (Fsp3) is 0.364. The molecule has 0 aromatic heterocycles. The molecule has 0 amide bonds. The summed E-state index contributed by atoms with van der Waals surface area (Å²) in [6.07, 6.45) is 0. The van der Waals surface area contributed by atoms with Gasteiger partial charge < -0.3 is 10.4 Å². The van der Waals surface area contributed by atoms with E-state index in [2.05, 4.69) is 5.28 Å². The lowest BCUT2D eigenvalue weighted by Gasteiger charge is -2.21. The van der Waals surface area contributed by atoms with Crippen molar-refractivity contribution >= 4 is 5.69 Å². The van der Waals surface area contributed by atoms with E-state index in [4.69, 9.17) is 5.26 Å². The minimum Gasteiger partial charge on any atom is -0.737 e. The normalized spacial score (nSPS) is 11.3. The van der Waals surface area contributed by atoms with Crippen LogP contribution >= 0.6 is 0 Å². The molecule has 0 bridgehead atoms. The van der Waals surface area contributed by atoms with Gasteiger partial charge in [-0.05, 0) is 35.5 Å². The standard InChI is InChI=1S/C11H14N4O2/c1-9(2)8-14(15(17)13-16)11-5-3-10(7-12)4-6-11/h3-6,9,16H,8H2,1-2H3/p-1/b15-13-. The number of nitriles is 1. The minimum atomic E-state index is 0.0153. The summed E-state index contributed by atoms with van der Waals surface area (Å²) in [6, 6.07) is 8.37. The van der Waals surface area contributed by atoms with Gasteiger partial charge in [0.25, 0.3) is 0 Å². The van der Waals surface area contributed by atoms with Crippen LogP contribution in [-0.2, 0) is 0 Å². The summed E-state index contributed by atoms with van der Waals surface area (Å²) in [5.74, 6) is 0.198. The van der Waals surface area contributed by atoms with E-state index >= 15 is 0 Å². The Labute approximate surface area is 99.5 Å². The molecule has 0 radical (unpaired) electrons. The summed E-state index contributed by atoms with van der Waals surface area (Å²) in [4.78, 5) is 0.0153. The van der Waals surface area contributed by atoms with Gasteiger partial charge in [0.15, 0.2) is 0 Å². The first kappa shape index (κ1) is 12.8. The summed E-state index contributed by atoms with van der Waals surface area (Å²) in [7, 11) is 0. The van der Waals surface area contributed by atoms with Crippen molar-refractivity contribution in [2.24, 2.45) is 11.2 Å². The molecule has 0 fully saturated rings. The second kappa shape index (κ2) is 5.70. The van der Waals surface area contributed by atoms with Crippen LogP contribution < -0.4 is 5.01 Å². The first-order valence-electron chi connectivity index (χ1n) is 5.16. The highest BCUT2D eigenvalue weighted by molar-refractivity contribution is 5.47. The van der Waals surface area contributed by atoms with E-state index in [0.29, 0.717) is 17.8 Å². The van der Waals surface area contributed by atoms with E-state index in [1.807, 2.05) is 19.9 Å². The van der Waals surface area contributed by atoms with Gasteiger partial charge >= 0.3 is 0 Å². The third-order valence-corrected chi connectivity index (χ3v) is 2.11. The first-order chi connectivity index (χ1) is 8.08. The van der Waals surface area contributed by atoms with Gasteiger partial charge in [0.2, 0.25) is 0 Å². The average Bonchev–Trinajstić information content (AvgIpc) is 2.35. The Kier molecular flexibility index (Phi) is 4.29. The summed E-state index contributed by atoms with van der Waals surface area (Å²) in [5.41, 5.74) is 1.03. The quantitative estimate of drug-likeness (QED) is 0.453. The molecule has 0 aliphatic heterocycles. The molecule has 90 valence electrons. The molecule has 0 N–H and O–H groups in total. The monoisotopic (exact) mass is 233 g/mol. The maximum Gasteiger partial charge on any atom is 0.103 e. The number of anilines is 1. The van der Waals surface area contributed by atoms with Crippen molar-refractivity contribution in [2.75, 3.05) is 11.6 Å². The van der Waals surface area contributed by atoms with Crippen molar-refractivity contribution in [3.05, 3.63) is 40.2 Å². The number of hydrazine groups is 1. The number of rotatable bonds is 4. The zero-order valence-electron chi connectivity index (χ0n) is 9.70. The summed E-state index contributed by atoms with van der Waals surface area (Å²) in [6.45, 7) is 4.23. The highest BCUT2D eigenvalue weighted by atomic mass is 16.6. The Balaban J connectivity index is 3.00. The topological polar surface area (TPSA) is 88.5 Å². The predicted molar refractivity (Wildman–Crippen MR) is 62.8 cm³/mol. The summed E-state index contributed by atoms with van der Waals surface area (Å²) in [5, 5.41) is 33.8. The van der Waals surface area contributed by atoms with Gasteiger partial charge in [0.05, 0.1) is 18.2 Å². The van der Waals surface area contributed by atoms with Gasteiger partial charge in [0.1, 0.15) is 5.69 Å². The Morgan fingerprint density at radius 3 is 2.41 bits per heavy atom. The molecule has 0 saturated carbocycles. The van der Waals surface area contributed by atoms with E-state index in [1.54, 1.807) is 24.3 Å². The molecule has 0 aliphatic carbocycles. The zero-order valence-corrected chi connectivity index (χ0v) is 9.70. The highest BCUT2D eigenvalue weighted by Gasteiger charge is 2.16. The van der Waals surface area contributed by atoms with Crippen LogP contribution in [0.15, 0.2) is 29.5 Å². The minimum absolute atomic E-state index is 0.0153. The van der Waals surface area contributed by atoms with Gasteiger partial charge in [-0.2, -0.15) is 5.26 Å². The van der Waals surface area contributed by atoms with Crippen LogP contribution in [0.4, 0.5) is 5.69 Å². The molecule has 0 saturated heterocycles. The second-order valence-electron chi connectivity index (χ2n) is 3.97. The molecule has 0 spiro atoms. The molecule has 1 rings (SSSR count). The maximum atomic E-state index is 11.3. The first-order valence-corrected chi connectivity index (χ1v) is 5.16. The molecular formula is C11H13N4O2-. The fourth-order valence-corrected chi connectivity index (χ4v) is 1.37. The van der Waals surface area contributed by atoms with Gasteiger partial charge in [-0.25, -0.2) is 0 Å². The third kappa shape index (κ3) is 3.34. The van der Waals surface area contributed by atoms with Crippen molar-refractivity contribution in [3.63, 3.8) is 0 Å². The second-order valence-corrected chi connectivity index (χ2v) is 3.97. The average molecular weight is 233 g/mol. The zero-order chi connectivity index (χ0) is 12.8. The molecule has 0 heterocycles. The molecular weight excluding hydrogens is 220 g/mol. The smallest absolute Gasteiger partial charge is 0.103 e. The van der Waals surface area contributed by atoms with Crippen LogP contribution in [0.25, 0.3) is 0 Å². The highest BCUT2D eigenvalue weighted by Crippen LogP contribution is 2.17. The predicted octanol–water partition coefficient (Wildman–Crippen LogP) is 2.40. The van der Waals surface area contributed by atoms with E-state index < -0.39 is 0 Å². The maximum absolute atomic E-state index is 11.3. The van der Waals surface area contributed by atoms with Crippen molar-refractivity contribution < 1.29 is 4.97 Å². The lowest BCUT2D eigenvalue weighted by atomic mass is 10.2. The van der Waals surface area contributed by atoms with Gasteiger partial charge in [-0.1, -0.05) is 13.8 Å².